The standard InChI is InChI=1S/C23H25P/c1-4-19(2)22-17-11-12-18-23(22)24(3,20-13-7-5-8-14-20)21-15-9-6-10-16-21/h5-19H,3-4H2,1-2H3. The van der Waals surface area contributed by atoms with Crippen LogP contribution in [0.1, 0.15) is 31.7 Å². The lowest BCUT2D eigenvalue weighted by Crippen LogP contribution is -2.28. The van der Waals surface area contributed by atoms with Gasteiger partial charge in [-0.1, -0.05) is 105 Å². The first kappa shape index (κ1) is 16.8. The van der Waals surface area contributed by atoms with Crippen molar-refractivity contribution < 1.29 is 0 Å². The van der Waals surface area contributed by atoms with Gasteiger partial charge in [-0.05, 0) is 40.7 Å². The van der Waals surface area contributed by atoms with Crippen LogP contribution in [0.4, 0.5) is 0 Å². The normalized spacial score (nSPS) is 12.8. The molecule has 3 rings (SSSR count). The Kier molecular flexibility index (Phi) is 5.07. The van der Waals surface area contributed by atoms with Crippen molar-refractivity contribution in [2.24, 2.45) is 0 Å². The Bertz CT molecular complexity index is 791. The molecular formula is C23H25P. The van der Waals surface area contributed by atoms with Gasteiger partial charge in [-0.15, -0.1) is 0 Å². The SMILES string of the molecule is C=P(c1ccccc1)(c1ccccc1)c1ccccc1C(C)CC. The lowest BCUT2D eigenvalue weighted by Gasteiger charge is -2.30. The lowest BCUT2D eigenvalue weighted by molar-refractivity contribution is 0.738. The first-order chi connectivity index (χ1) is 11.7. The summed E-state index contributed by atoms with van der Waals surface area (Å²) in [5.74, 6) is 0.537. The van der Waals surface area contributed by atoms with Crippen LogP contribution in [0.5, 0.6) is 0 Å². The molecule has 1 atom stereocenters. The number of hydrogen-bond acceptors (Lipinski definition) is 0. The van der Waals surface area contributed by atoms with Crippen molar-refractivity contribution in [1.82, 2.24) is 0 Å². The Balaban J connectivity index is 2.31. The number of rotatable bonds is 5. The molecule has 24 heavy (non-hydrogen) atoms. The predicted molar refractivity (Wildman–Crippen MR) is 111 cm³/mol. The van der Waals surface area contributed by atoms with E-state index in [1.165, 1.54) is 21.5 Å². The molecule has 0 saturated heterocycles. The molecule has 1 heteroatoms. The molecule has 0 nitrogen and oxygen atoms in total. The van der Waals surface area contributed by atoms with E-state index in [2.05, 4.69) is 98.8 Å². The van der Waals surface area contributed by atoms with Crippen molar-refractivity contribution in [2.45, 2.75) is 26.2 Å². The van der Waals surface area contributed by atoms with Crippen LogP contribution >= 0.6 is 6.89 Å². The molecule has 122 valence electrons. The Morgan fingerprint density at radius 3 is 1.71 bits per heavy atom. The maximum atomic E-state index is 4.87. The summed E-state index contributed by atoms with van der Waals surface area (Å²) >= 11 is 0. The van der Waals surface area contributed by atoms with Crippen LogP contribution < -0.4 is 15.9 Å². The summed E-state index contributed by atoms with van der Waals surface area (Å²) in [6.45, 7) is 2.70. The van der Waals surface area contributed by atoms with E-state index in [4.69, 9.17) is 6.30 Å². The molecule has 0 N–H and O–H groups in total. The Hall–Kier alpha value is -2.04. The molecule has 0 radical (unpaired) electrons. The minimum Gasteiger partial charge on any atom is -0.0887 e. The Morgan fingerprint density at radius 1 is 0.750 bits per heavy atom. The molecule has 0 bridgehead atoms. The molecular weight excluding hydrogens is 307 g/mol. The van der Waals surface area contributed by atoms with Crippen molar-refractivity contribution in [2.75, 3.05) is 0 Å². The van der Waals surface area contributed by atoms with E-state index in [-0.39, 0.29) is 0 Å². The van der Waals surface area contributed by atoms with Crippen LogP contribution in [0.25, 0.3) is 0 Å². The average molecular weight is 332 g/mol. The highest BCUT2D eigenvalue weighted by Gasteiger charge is 2.25. The third kappa shape index (κ3) is 2.99. The minimum absolute atomic E-state index is 0.537. The van der Waals surface area contributed by atoms with Gasteiger partial charge in [-0.3, -0.25) is 0 Å². The summed E-state index contributed by atoms with van der Waals surface area (Å²) in [4.78, 5) is 0. The second-order valence-corrected chi connectivity index (χ2v) is 9.48. The average Bonchev–Trinajstić information content (AvgIpc) is 2.68. The zero-order valence-corrected chi connectivity index (χ0v) is 15.4. The van der Waals surface area contributed by atoms with Gasteiger partial charge in [0.15, 0.2) is 0 Å². The first-order valence-corrected chi connectivity index (χ1v) is 10.6. The molecule has 0 fully saturated rings. The Morgan fingerprint density at radius 2 is 1.21 bits per heavy atom. The van der Waals surface area contributed by atoms with E-state index < -0.39 is 6.89 Å². The summed E-state index contributed by atoms with van der Waals surface area (Å²) in [5.41, 5.74) is 1.44. The van der Waals surface area contributed by atoms with Crippen molar-refractivity contribution in [3.63, 3.8) is 0 Å². The van der Waals surface area contributed by atoms with Gasteiger partial charge >= 0.3 is 0 Å². The van der Waals surface area contributed by atoms with Gasteiger partial charge in [-0.2, -0.15) is 0 Å². The van der Waals surface area contributed by atoms with Crippen LogP contribution in [-0.4, -0.2) is 6.30 Å². The fourth-order valence-corrected chi connectivity index (χ4v) is 6.56. The molecule has 3 aromatic carbocycles. The van der Waals surface area contributed by atoms with Crippen LogP contribution in [0.2, 0.25) is 0 Å². The summed E-state index contributed by atoms with van der Waals surface area (Å²) in [6.07, 6.45) is 6.01. The highest BCUT2D eigenvalue weighted by molar-refractivity contribution is 7.93. The molecule has 0 amide bonds. The van der Waals surface area contributed by atoms with E-state index in [1.807, 2.05) is 0 Å². The predicted octanol–water partition coefficient (Wildman–Crippen LogP) is 4.93. The Labute approximate surface area is 146 Å². The monoisotopic (exact) mass is 332 g/mol. The summed E-state index contributed by atoms with van der Waals surface area (Å²) in [6, 6.07) is 30.5. The maximum Gasteiger partial charge on any atom is -0.0131 e. The van der Waals surface area contributed by atoms with Gasteiger partial charge in [0.25, 0.3) is 0 Å². The zero-order chi connectivity index (χ0) is 17.0. The number of hydrogen-bond donors (Lipinski definition) is 0. The van der Waals surface area contributed by atoms with E-state index in [9.17, 15) is 0 Å². The molecule has 0 aliphatic rings. The van der Waals surface area contributed by atoms with E-state index in [1.54, 1.807) is 0 Å². The van der Waals surface area contributed by atoms with Crippen molar-refractivity contribution >= 4 is 29.1 Å². The lowest BCUT2D eigenvalue weighted by atomic mass is 9.99. The van der Waals surface area contributed by atoms with Crippen LogP contribution in [0, 0.1) is 0 Å². The molecule has 0 saturated carbocycles. The highest BCUT2D eigenvalue weighted by atomic mass is 31.2. The maximum absolute atomic E-state index is 4.87. The van der Waals surface area contributed by atoms with Gasteiger partial charge in [0.1, 0.15) is 0 Å². The number of benzene rings is 3. The van der Waals surface area contributed by atoms with Crippen LogP contribution in [0.3, 0.4) is 0 Å². The van der Waals surface area contributed by atoms with E-state index in [0.29, 0.717) is 5.92 Å². The van der Waals surface area contributed by atoms with Crippen molar-refractivity contribution in [3.8, 4) is 0 Å². The zero-order valence-electron chi connectivity index (χ0n) is 14.5. The molecule has 0 aliphatic heterocycles. The third-order valence-corrected chi connectivity index (χ3v) is 8.47. The van der Waals surface area contributed by atoms with Crippen LogP contribution in [-0.2, 0) is 0 Å². The molecule has 3 aromatic rings. The molecule has 0 spiro atoms. The van der Waals surface area contributed by atoms with Crippen molar-refractivity contribution in [3.05, 3.63) is 90.5 Å². The highest BCUT2D eigenvalue weighted by Crippen LogP contribution is 2.44. The van der Waals surface area contributed by atoms with Gasteiger partial charge in [-0.25, -0.2) is 0 Å². The van der Waals surface area contributed by atoms with E-state index in [0.717, 1.165) is 6.42 Å². The second-order valence-electron chi connectivity index (χ2n) is 6.35. The quantitative estimate of drug-likeness (QED) is 0.581. The fourth-order valence-electron chi connectivity index (χ4n) is 3.26. The smallest absolute Gasteiger partial charge is 0.0131 e. The summed E-state index contributed by atoms with van der Waals surface area (Å²) < 4.78 is 0. The third-order valence-electron chi connectivity index (χ3n) is 4.89. The van der Waals surface area contributed by atoms with Gasteiger partial charge in [0.2, 0.25) is 0 Å². The topological polar surface area (TPSA) is 0 Å². The summed E-state index contributed by atoms with van der Waals surface area (Å²) in [7, 11) is 0. The molecule has 0 aromatic heterocycles. The van der Waals surface area contributed by atoms with Gasteiger partial charge in [0, 0.05) is 0 Å². The van der Waals surface area contributed by atoms with Crippen LogP contribution in [0.15, 0.2) is 84.9 Å². The largest absolute Gasteiger partial charge is 0.0887 e. The fraction of sp³-hybridized carbons (Fsp3) is 0.174. The minimum atomic E-state index is -1.88. The van der Waals surface area contributed by atoms with Gasteiger partial charge < -0.3 is 0 Å². The first-order valence-electron chi connectivity index (χ1n) is 8.62. The second kappa shape index (κ2) is 7.24. The molecule has 0 heterocycles. The summed E-state index contributed by atoms with van der Waals surface area (Å²) in [5, 5.41) is 4.09. The van der Waals surface area contributed by atoms with E-state index >= 15 is 0 Å². The molecule has 1 unspecified atom stereocenters. The van der Waals surface area contributed by atoms with Gasteiger partial charge in [0.05, 0.1) is 0 Å². The molecule has 0 aliphatic carbocycles. The van der Waals surface area contributed by atoms with Crippen molar-refractivity contribution in [1.29, 1.82) is 0 Å².